The molecule has 1 heterocycles. The first-order valence-corrected chi connectivity index (χ1v) is 10.7. The number of pyridine rings is 1. The minimum absolute atomic E-state index is 0.231. The zero-order valence-electron chi connectivity index (χ0n) is 16.5. The monoisotopic (exact) mass is 395 g/mol. The Labute approximate surface area is 166 Å². The highest BCUT2D eigenvalue weighted by Gasteiger charge is 2.14. The van der Waals surface area contributed by atoms with Gasteiger partial charge in [0.2, 0.25) is 0 Å². The molecule has 5 nitrogen and oxygen atoms in total. The van der Waals surface area contributed by atoms with Crippen LogP contribution in [0.25, 0.3) is 0 Å². The summed E-state index contributed by atoms with van der Waals surface area (Å²) in [5, 5.41) is 3.26. The summed E-state index contributed by atoms with van der Waals surface area (Å²) in [5.41, 5.74) is 4.76. The first-order valence-electron chi connectivity index (χ1n) is 9.18. The molecule has 0 unspecified atom stereocenters. The Morgan fingerprint density at radius 3 is 2.25 bits per heavy atom. The normalized spacial score (nSPS) is 11.5. The third-order valence-corrected chi connectivity index (χ3v) is 5.93. The quantitative estimate of drug-likeness (QED) is 0.589. The maximum absolute atomic E-state index is 12.6. The van der Waals surface area contributed by atoms with E-state index in [0.29, 0.717) is 17.4 Å². The molecule has 2 aromatic carbocycles. The molecule has 0 fully saturated rings. The van der Waals surface area contributed by atoms with Gasteiger partial charge in [0.15, 0.2) is 0 Å². The van der Waals surface area contributed by atoms with Gasteiger partial charge in [0.1, 0.15) is 5.82 Å². The lowest BCUT2D eigenvalue weighted by atomic mass is 10.0. The molecule has 146 valence electrons. The molecule has 0 aliphatic carbocycles. The zero-order chi connectivity index (χ0) is 20.3. The van der Waals surface area contributed by atoms with E-state index in [1.54, 1.807) is 24.3 Å². The molecule has 3 rings (SSSR count). The van der Waals surface area contributed by atoms with Crippen molar-refractivity contribution < 1.29 is 8.42 Å². The lowest BCUT2D eigenvalue weighted by Crippen LogP contribution is -2.13. The van der Waals surface area contributed by atoms with Crippen molar-refractivity contribution in [2.45, 2.75) is 38.5 Å². The van der Waals surface area contributed by atoms with Gasteiger partial charge in [-0.3, -0.25) is 4.72 Å². The molecule has 0 saturated carbocycles. The fourth-order valence-corrected chi connectivity index (χ4v) is 3.83. The van der Waals surface area contributed by atoms with Gasteiger partial charge in [0, 0.05) is 5.69 Å². The van der Waals surface area contributed by atoms with Crippen LogP contribution in [0.2, 0.25) is 0 Å². The zero-order valence-corrected chi connectivity index (χ0v) is 17.3. The number of hydrogen-bond acceptors (Lipinski definition) is 4. The van der Waals surface area contributed by atoms with Gasteiger partial charge in [0.05, 0.1) is 16.8 Å². The van der Waals surface area contributed by atoms with Crippen LogP contribution in [0.15, 0.2) is 65.7 Å². The number of nitrogens with zero attached hydrogens (tertiary/aromatic N) is 1. The van der Waals surface area contributed by atoms with Crippen molar-refractivity contribution in [1.29, 1.82) is 0 Å². The first-order chi connectivity index (χ1) is 13.2. The Morgan fingerprint density at radius 2 is 1.64 bits per heavy atom. The molecule has 0 amide bonds. The van der Waals surface area contributed by atoms with Crippen LogP contribution in [0.5, 0.6) is 0 Å². The van der Waals surface area contributed by atoms with E-state index in [9.17, 15) is 8.42 Å². The number of aryl methyl sites for hydroxylation is 2. The van der Waals surface area contributed by atoms with Gasteiger partial charge < -0.3 is 5.32 Å². The SMILES string of the molecule is Cc1ccc(C)c(Nc2ccc(NS(=O)(=O)c3ccc(C(C)C)cc3)cn2)c1. The lowest BCUT2D eigenvalue weighted by molar-refractivity contribution is 0.601. The van der Waals surface area contributed by atoms with E-state index >= 15 is 0 Å². The highest BCUT2D eigenvalue weighted by atomic mass is 32.2. The maximum Gasteiger partial charge on any atom is 0.261 e. The van der Waals surface area contributed by atoms with Crippen LogP contribution in [0.4, 0.5) is 17.2 Å². The highest BCUT2D eigenvalue weighted by molar-refractivity contribution is 7.92. The standard InChI is InChI=1S/C22H25N3O2S/c1-15(2)18-7-10-20(11-8-18)28(26,27)25-19-9-12-22(23-14-19)24-21-13-16(3)5-6-17(21)4/h5-15,25H,1-4H3,(H,23,24). The molecule has 2 N–H and O–H groups in total. The van der Waals surface area contributed by atoms with Gasteiger partial charge >= 0.3 is 0 Å². The molecule has 0 spiro atoms. The van der Waals surface area contributed by atoms with Gasteiger partial charge in [-0.05, 0) is 66.8 Å². The maximum atomic E-state index is 12.6. The summed E-state index contributed by atoms with van der Waals surface area (Å²) in [6, 6.07) is 16.5. The fraction of sp³-hybridized carbons (Fsp3) is 0.227. The summed E-state index contributed by atoms with van der Waals surface area (Å²) in [4.78, 5) is 4.55. The van der Waals surface area contributed by atoms with Crippen LogP contribution in [-0.4, -0.2) is 13.4 Å². The molecule has 0 aliphatic rings. The van der Waals surface area contributed by atoms with E-state index in [4.69, 9.17) is 0 Å². The minimum Gasteiger partial charge on any atom is -0.340 e. The van der Waals surface area contributed by atoms with Crippen LogP contribution in [0.1, 0.15) is 36.5 Å². The molecule has 0 bridgehead atoms. The molecule has 6 heteroatoms. The second kappa shape index (κ2) is 8.02. The average molecular weight is 396 g/mol. The van der Waals surface area contributed by atoms with E-state index in [1.165, 1.54) is 6.20 Å². The van der Waals surface area contributed by atoms with Crippen molar-refractivity contribution in [2.75, 3.05) is 10.0 Å². The third kappa shape index (κ3) is 4.70. The number of hydrogen-bond donors (Lipinski definition) is 2. The summed E-state index contributed by atoms with van der Waals surface area (Å²) < 4.78 is 27.7. The first kappa shape index (κ1) is 19.9. The number of nitrogens with one attached hydrogen (secondary N) is 2. The molecule has 28 heavy (non-hydrogen) atoms. The molecular formula is C22H25N3O2S. The summed E-state index contributed by atoms with van der Waals surface area (Å²) in [7, 11) is -3.65. The predicted molar refractivity (Wildman–Crippen MR) is 115 cm³/mol. The topological polar surface area (TPSA) is 71.1 Å². The van der Waals surface area contributed by atoms with Crippen molar-refractivity contribution in [3.05, 3.63) is 77.5 Å². The molecule has 0 radical (unpaired) electrons. The number of rotatable bonds is 6. The summed E-state index contributed by atoms with van der Waals surface area (Å²) in [5.74, 6) is 1.00. The number of anilines is 3. The smallest absolute Gasteiger partial charge is 0.261 e. The minimum atomic E-state index is -3.65. The Hall–Kier alpha value is -2.86. The number of aromatic nitrogens is 1. The van der Waals surface area contributed by atoms with Gasteiger partial charge in [-0.1, -0.05) is 38.1 Å². The molecule has 1 aromatic heterocycles. The van der Waals surface area contributed by atoms with Crippen molar-refractivity contribution >= 4 is 27.2 Å². The van der Waals surface area contributed by atoms with Gasteiger partial charge in [0.25, 0.3) is 10.0 Å². The second-order valence-electron chi connectivity index (χ2n) is 7.20. The number of benzene rings is 2. The third-order valence-electron chi connectivity index (χ3n) is 4.53. The summed E-state index contributed by atoms with van der Waals surface area (Å²) in [6.07, 6.45) is 1.51. The van der Waals surface area contributed by atoms with Gasteiger partial charge in [-0.2, -0.15) is 0 Å². The Bertz CT molecular complexity index is 1060. The van der Waals surface area contributed by atoms with E-state index in [0.717, 1.165) is 22.4 Å². The van der Waals surface area contributed by atoms with Crippen LogP contribution in [-0.2, 0) is 10.0 Å². The van der Waals surface area contributed by atoms with Crippen LogP contribution >= 0.6 is 0 Å². The van der Waals surface area contributed by atoms with Crippen LogP contribution < -0.4 is 10.0 Å². The van der Waals surface area contributed by atoms with Gasteiger partial charge in [-0.15, -0.1) is 0 Å². The molecule has 0 aliphatic heterocycles. The molecule has 0 saturated heterocycles. The van der Waals surface area contributed by atoms with Crippen molar-refractivity contribution in [2.24, 2.45) is 0 Å². The van der Waals surface area contributed by atoms with Crippen LogP contribution in [0, 0.1) is 13.8 Å². The van der Waals surface area contributed by atoms with E-state index < -0.39 is 10.0 Å². The number of sulfonamides is 1. The van der Waals surface area contributed by atoms with E-state index in [1.807, 2.05) is 32.0 Å². The van der Waals surface area contributed by atoms with Gasteiger partial charge in [-0.25, -0.2) is 13.4 Å². The Balaban J connectivity index is 1.73. The second-order valence-corrected chi connectivity index (χ2v) is 8.89. The van der Waals surface area contributed by atoms with Crippen molar-refractivity contribution in [3.63, 3.8) is 0 Å². The van der Waals surface area contributed by atoms with Crippen LogP contribution in [0.3, 0.4) is 0 Å². The molecule has 3 aromatic rings. The average Bonchev–Trinajstić information content (AvgIpc) is 2.66. The summed E-state index contributed by atoms with van der Waals surface area (Å²) >= 11 is 0. The Morgan fingerprint density at radius 1 is 0.929 bits per heavy atom. The summed E-state index contributed by atoms with van der Waals surface area (Å²) in [6.45, 7) is 8.20. The molecular weight excluding hydrogens is 370 g/mol. The van der Waals surface area contributed by atoms with E-state index in [-0.39, 0.29) is 4.90 Å². The van der Waals surface area contributed by atoms with E-state index in [2.05, 4.69) is 41.0 Å². The Kier molecular flexibility index (Phi) is 5.70. The van der Waals surface area contributed by atoms with Crippen molar-refractivity contribution in [3.8, 4) is 0 Å². The predicted octanol–water partition coefficient (Wildman–Crippen LogP) is 5.37. The van der Waals surface area contributed by atoms with Crippen molar-refractivity contribution in [1.82, 2.24) is 4.98 Å². The highest BCUT2D eigenvalue weighted by Crippen LogP contribution is 2.23. The largest absolute Gasteiger partial charge is 0.340 e. The fourth-order valence-electron chi connectivity index (χ4n) is 2.78. The molecule has 0 atom stereocenters. The lowest BCUT2D eigenvalue weighted by Gasteiger charge is -2.12.